The Morgan fingerprint density at radius 3 is 2.82 bits per heavy atom. The Morgan fingerprint density at radius 1 is 1.53 bits per heavy atom. The summed E-state index contributed by atoms with van der Waals surface area (Å²) in [5.41, 5.74) is 6.23. The molecule has 90 valence electrons. The van der Waals surface area contributed by atoms with Gasteiger partial charge in [-0.15, -0.1) is 0 Å². The van der Waals surface area contributed by atoms with Gasteiger partial charge in [0, 0.05) is 25.5 Å². The second-order valence-electron chi connectivity index (χ2n) is 3.64. The molecule has 0 atom stereocenters. The van der Waals surface area contributed by atoms with Gasteiger partial charge in [-0.2, -0.15) is 0 Å². The Kier molecular flexibility index (Phi) is 3.43. The van der Waals surface area contributed by atoms with Crippen LogP contribution in [0.2, 0.25) is 0 Å². The van der Waals surface area contributed by atoms with Crippen molar-refractivity contribution in [3.8, 4) is 0 Å². The Hall–Kier alpha value is -1.82. The summed E-state index contributed by atoms with van der Waals surface area (Å²) in [5, 5.41) is 3.28. The summed E-state index contributed by atoms with van der Waals surface area (Å²) < 4.78 is 2.01. The number of amides is 1. The average molecular weight is 250 g/mol. The highest BCUT2D eigenvalue weighted by Crippen LogP contribution is 2.19. The zero-order valence-corrected chi connectivity index (χ0v) is 10.3. The Labute approximate surface area is 103 Å². The van der Waals surface area contributed by atoms with E-state index in [0.29, 0.717) is 22.2 Å². The van der Waals surface area contributed by atoms with Gasteiger partial charge in [0.2, 0.25) is 0 Å². The van der Waals surface area contributed by atoms with Crippen LogP contribution in [0.5, 0.6) is 0 Å². The van der Waals surface area contributed by atoms with Crippen LogP contribution in [0.3, 0.4) is 0 Å². The fourth-order valence-corrected chi connectivity index (χ4v) is 2.28. The van der Waals surface area contributed by atoms with Crippen LogP contribution in [0.1, 0.15) is 15.4 Å². The van der Waals surface area contributed by atoms with Crippen molar-refractivity contribution in [1.82, 2.24) is 14.9 Å². The van der Waals surface area contributed by atoms with E-state index >= 15 is 0 Å². The molecule has 2 aromatic rings. The summed E-state index contributed by atoms with van der Waals surface area (Å²) in [5.74, 6) is -0.108. The number of carbonyl (C=O) groups excluding carboxylic acids is 1. The quantitative estimate of drug-likeness (QED) is 0.858. The molecule has 0 unspecified atom stereocenters. The van der Waals surface area contributed by atoms with Crippen molar-refractivity contribution in [2.45, 2.75) is 13.5 Å². The van der Waals surface area contributed by atoms with Gasteiger partial charge in [0.25, 0.3) is 5.91 Å². The summed E-state index contributed by atoms with van der Waals surface area (Å²) in [6, 6.07) is 3.91. The Balaban J connectivity index is 1.87. The van der Waals surface area contributed by atoms with E-state index in [1.165, 1.54) is 11.3 Å². The molecule has 3 N–H and O–H groups in total. The predicted octanol–water partition coefficient (Wildman–Crippen LogP) is 1.27. The summed E-state index contributed by atoms with van der Waals surface area (Å²) in [4.78, 5) is 16.4. The van der Waals surface area contributed by atoms with Gasteiger partial charge in [-0.3, -0.25) is 4.79 Å². The van der Waals surface area contributed by atoms with Crippen LogP contribution in [0.15, 0.2) is 24.5 Å². The van der Waals surface area contributed by atoms with Crippen molar-refractivity contribution in [1.29, 1.82) is 0 Å². The third kappa shape index (κ3) is 2.85. The molecule has 0 radical (unpaired) electrons. The second-order valence-corrected chi connectivity index (χ2v) is 4.67. The molecular weight excluding hydrogens is 236 g/mol. The normalized spacial score (nSPS) is 10.4. The van der Waals surface area contributed by atoms with Crippen LogP contribution < -0.4 is 11.1 Å². The van der Waals surface area contributed by atoms with Gasteiger partial charge in [0.15, 0.2) is 5.13 Å². The van der Waals surface area contributed by atoms with Crippen LogP contribution in [-0.2, 0) is 6.54 Å². The van der Waals surface area contributed by atoms with Crippen LogP contribution in [0.25, 0.3) is 0 Å². The zero-order chi connectivity index (χ0) is 12.3. The SMILES string of the molecule is Cc1nc(N)sc1C(=O)NCCn1cccc1. The van der Waals surface area contributed by atoms with Crippen molar-refractivity contribution in [3.63, 3.8) is 0 Å². The number of hydrogen-bond donors (Lipinski definition) is 2. The minimum Gasteiger partial charge on any atom is -0.375 e. The van der Waals surface area contributed by atoms with Gasteiger partial charge in [-0.05, 0) is 19.1 Å². The molecule has 17 heavy (non-hydrogen) atoms. The molecule has 2 rings (SSSR count). The van der Waals surface area contributed by atoms with Gasteiger partial charge in [-0.1, -0.05) is 11.3 Å². The number of anilines is 1. The van der Waals surface area contributed by atoms with E-state index in [4.69, 9.17) is 5.73 Å². The van der Waals surface area contributed by atoms with Crippen molar-refractivity contribution in [2.24, 2.45) is 0 Å². The van der Waals surface area contributed by atoms with E-state index in [9.17, 15) is 4.79 Å². The number of nitrogens with zero attached hydrogens (tertiary/aromatic N) is 2. The fourth-order valence-electron chi connectivity index (χ4n) is 1.53. The van der Waals surface area contributed by atoms with Gasteiger partial charge >= 0.3 is 0 Å². The van der Waals surface area contributed by atoms with Gasteiger partial charge < -0.3 is 15.6 Å². The molecule has 0 fully saturated rings. The van der Waals surface area contributed by atoms with Crippen LogP contribution in [0.4, 0.5) is 5.13 Å². The molecule has 0 aromatic carbocycles. The molecular formula is C11H14N4OS. The predicted molar refractivity (Wildman–Crippen MR) is 68.0 cm³/mol. The van der Waals surface area contributed by atoms with E-state index in [-0.39, 0.29) is 5.91 Å². The lowest BCUT2D eigenvalue weighted by Crippen LogP contribution is -2.26. The number of nitrogens with two attached hydrogens (primary N) is 1. The number of aromatic nitrogens is 2. The topological polar surface area (TPSA) is 72.9 Å². The molecule has 6 heteroatoms. The summed E-state index contributed by atoms with van der Waals surface area (Å²) >= 11 is 1.22. The average Bonchev–Trinajstić information content (AvgIpc) is 2.88. The molecule has 0 aliphatic carbocycles. The minimum atomic E-state index is -0.108. The standard InChI is InChI=1S/C11H14N4OS/c1-8-9(17-11(12)14-8)10(16)13-4-7-15-5-2-3-6-15/h2-3,5-6H,4,7H2,1H3,(H2,12,14)(H,13,16). The number of carbonyl (C=O) groups is 1. The smallest absolute Gasteiger partial charge is 0.263 e. The molecule has 0 aliphatic rings. The number of nitrogens with one attached hydrogen (secondary N) is 1. The van der Waals surface area contributed by atoms with Gasteiger partial charge in [0.1, 0.15) is 4.88 Å². The molecule has 1 amide bonds. The first-order valence-corrected chi connectivity index (χ1v) is 6.10. The van der Waals surface area contributed by atoms with Gasteiger partial charge in [-0.25, -0.2) is 4.98 Å². The van der Waals surface area contributed by atoms with Crippen molar-refractivity contribution in [2.75, 3.05) is 12.3 Å². The van der Waals surface area contributed by atoms with Crippen LogP contribution in [0, 0.1) is 6.92 Å². The number of hydrogen-bond acceptors (Lipinski definition) is 4. The van der Waals surface area contributed by atoms with Crippen LogP contribution in [-0.4, -0.2) is 22.0 Å². The second kappa shape index (κ2) is 5.01. The van der Waals surface area contributed by atoms with Crippen molar-refractivity contribution < 1.29 is 4.79 Å². The highest BCUT2D eigenvalue weighted by atomic mass is 32.1. The Morgan fingerprint density at radius 2 is 2.24 bits per heavy atom. The first kappa shape index (κ1) is 11.7. The molecule has 0 bridgehead atoms. The molecule has 0 spiro atoms. The van der Waals surface area contributed by atoms with Gasteiger partial charge in [0.05, 0.1) is 5.69 Å². The van der Waals surface area contributed by atoms with E-state index in [1.54, 1.807) is 6.92 Å². The van der Waals surface area contributed by atoms with E-state index in [1.807, 2.05) is 29.1 Å². The maximum Gasteiger partial charge on any atom is 0.263 e. The minimum absolute atomic E-state index is 0.108. The lowest BCUT2D eigenvalue weighted by Gasteiger charge is -2.04. The van der Waals surface area contributed by atoms with Crippen molar-refractivity contribution >= 4 is 22.4 Å². The summed E-state index contributed by atoms with van der Waals surface area (Å²) in [6.45, 7) is 3.13. The molecule has 0 saturated carbocycles. The maximum atomic E-state index is 11.8. The van der Waals surface area contributed by atoms with E-state index < -0.39 is 0 Å². The number of aryl methyl sites for hydroxylation is 1. The fraction of sp³-hybridized carbons (Fsp3) is 0.273. The first-order chi connectivity index (χ1) is 8.16. The molecule has 5 nitrogen and oxygen atoms in total. The summed E-state index contributed by atoms with van der Waals surface area (Å²) in [6.07, 6.45) is 3.92. The molecule has 2 heterocycles. The van der Waals surface area contributed by atoms with E-state index in [2.05, 4.69) is 10.3 Å². The molecule has 2 aromatic heterocycles. The third-order valence-corrected chi connectivity index (χ3v) is 3.33. The summed E-state index contributed by atoms with van der Waals surface area (Å²) in [7, 11) is 0. The maximum absolute atomic E-state index is 11.8. The lowest BCUT2D eigenvalue weighted by molar-refractivity contribution is 0.0955. The molecule has 0 saturated heterocycles. The highest BCUT2D eigenvalue weighted by molar-refractivity contribution is 7.17. The highest BCUT2D eigenvalue weighted by Gasteiger charge is 2.13. The number of thiazole rings is 1. The largest absolute Gasteiger partial charge is 0.375 e. The number of rotatable bonds is 4. The van der Waals surface area contributed by atoms with Crippen molar-refractivity contribution in [3.05, 3.63) is 35.1 Å². The molecule has 0 aliphatic heterocycles. The first-order valence-electron chi connectivity index (χ1n) is 5.28. The monoisotopic (exact) mass is 250 g/mol. The lowest BCUT2D eigenvalue weighted by atomic mass is 10.4. The third-order valence-electron chi connectivity index (χ3n) is 2.34. The Bertz CT molecular complexity index is 504. The number of nitrogen functional groups attached to an aromatic ring is 1. The zero-order valence-electron chi connectivity index (χ0n) is 9.51. The van der Waals surface area contributed by atoms with E-state index in [0.717, 1.165) is 6.54 Å². The van der Waals surface area contributed by atoms with Crippen LogP contribution >= 0.6 is 11.3 Å².